The molecular weight excluding hydrogens is 362 g/mol. The van der Waals surface area contributed by atoms with Crippen LogP contribution in [0.2, 0.25) is 5.02 Å². The zero-order chi connectivity index (χ0) is 19.5. The highest BCUT2D eigenvalue weighted by molar-refractivity contribution is 6.33. The Morgan fingerprint density at radius 3 is 2.62 bits per heavy atom. The number of imide groups is 1. The summed E-state index contributed by atoms with van der Waals surface area (Å²) >= 11 is 6.01. The maximum atomic E-state index is 12.2. The molecule has 26 heavy (non-hydrogen) atoms. The number of carbonyl (C=O) groups excluding carboxylic acids is 4. The number of hydrogen-bond donors (Lipinski definition) is 2. The average molecular weight is 382 g/mol. The van der Waals surface area contributed by atoms with E-state index in [0.29, 0.717) is 17.1 Å². The van der Waals surface area contributed by atoms with E-state index in [1.165, 1.54) is 0 Å². The number of ether oxygens (including phenoxy) is 1. The first-order chi connectivity index (χ1) is 12.2. The molecule has 1 aromatic rings. The fourth-order valence-corrected chi connectivity index (χ4v) is 2.64. The van der Waals surface area contributed by atoms with Crippen LogP contribution in [0.25, 0.3) is 0 Å². The van der Waals surface area contributed by atoms with Crippen LogP contribution in [0.3, 0.4) is 0 Å². The standard InChI is InChI=1S/C17H20ClN3O5/c1-4-17(3)15(24)21(16(25)20-17)8-14(23)26-9-13(22)19-12-6-5-10(2)7-11(12)18/h5-7H,4,8-9H2,1-3H3,(H,19,22)(H,20,25)/t17-/m1/s1. The molecule has 0 radical (unpaired) electrons. The van der Waals surface area contributed by atoms with Crippen LogP contribution in [-0.2, 0) is 19.1 Å². The van der Waals surface area contributed by atoms with E-state index >= 15 is 0 Å². The number of aryl methyl sites for hydroxylation is 1. The predicted octanol–water partition coefficient (Wildman–Crippen LogP) is 1.85. The molecular formula is C17H20ClN3O5. The van der Waals surface area contributed by atoms with Crippen molar-refractivity contribution in [2.45, 2.75) is 32.7 Å². The van der Waals surface area contributed by atoms with Gasteiger partial charge < -0.3 is 15.4 Å². The first kappa shape index (κ1) is 19.7. The van der Waals surface area contributed by atoms with Gasteiger partial charge in [0, 0.05) is 0 Å². The minimum absolute atomic E-state index is 0.364. The minimum atomic E-state index is -1.03. The van der Waals surface area contributed by atoms with E-state index in [0.717, 1.165) is 10.5 Å². The lowest BCUT2D eigenvalue weighted by Crippen LogP contribution is -2.43. The highest BCUT2D eigenvalue weighted by atomic mass is 35.5. The van der Waals surface area contributed by atoms with Gasteiger partial charge in [-0.2, -0.15) is 0 Å². The van der Waals surface area contributed by atoms with E-state index in [1.807, 2.05) is 6.92 Å². The zero-order valence-corrected chi connectivity index (χ0v) is 15.5. The molecule has 4 amide bonds. The van der Waals surface area contributed by atoms with Crippen molar-refractivity contribution in [3.8, 4) is 0 Å². The summed E-state index contributed by atoms with van der Waals surface area (Å²) in [5, 5.41) is 5.41. The number of nitrogens with zero attached hydrogens (tertiary/aromatic N) is 1. The highest BCUT2D eigenvalue weighted by Gasteiger charge is 2.47. The van der Waals surface area contributed by atoms with Crippen LogP contribution in [0.1, 0.15) is 25.8 Å². The number of rotatable bonds is 6. The lowest BCUT2D eigenvalue weighted by molar-refractivity contribution is -0.150. The molecule has 0 unspecified atom stereocenters. The zero-order valence-electron chi connectivity index (χ0n) is 14.7. The van der Waals surface area contributed by atoms with Crippen LogP contribution in [0.4, 0.5) is 10.5 Å². The van der Waals surface area contributed by atoms with Crippen LogP contribution in [0.5, 0.6) is 0 Å². The van der Waals surface area contributed by atoms with Gasteiger partial charge in [0.05, 0.1) is 10.7 Å². The van der Waals surface area contributed by atoms with Crippen molar-refractivity contribution < 1.29 is 23.9 Å². The number of anilines is 1. The Morgan fingerprint density at radius 2 is 2.04 bits per heavy atom. The maximum absolute atomic E-state index is 12.2. The number of hydrogen-bond acceptors (Lipinski definition) is 5. The normalized spacial score (nSPS) is 19.3. The molecule has 1 saturated heterocycles. The molecule has 2 rings (SSSR count). The van der Waals surface area contributed by atoms with E-state index in [-0.39, 0.29) is 0 Å². The Kier molecular flexibility index (Phi) is 5.86. The van der Waals surface area contributed by atoms with Gasteiger partial charge in [-0.1, -0.05) is 24.6 Å². The van der Waals surface area contributed by atoms with E-state index in [1.54, 1.807) is 32.0 Å². The molecule has 0 bridgehead atoms. The van der Waals surface area contributed by atoms with Gasteiger partial charge in [0.25, 0.3) is 11.8 Å². The number of amides is 4. The lowest BCUT2D eigenvalue weighted by Gasteiger charge is -2.18. The number of nitrogens with one attached hydrogen (secondary N) is 2. The third-order valence-electron chi connectivity index (χ3n) is 4.10. The summed E-state index contributed by atoms with van der Waals surface area (Å²) in [5.41, 5.74) is 0.301. The summed E-state index contributed by atoms with van der Waals surface area (Å²) in [6.07, 6.45) is 0.392. The summed E-state index contributed by atoms with van der Waals surface area (Å²) in [7, 11) is 0. The smallest absolute Gasteiger partial charge is 0.326 e. The van der Waals surface area contributed by atoms with Crippen LogP contribution < -0.4 is 10.6 Å². The van der Waals surface area contributed by atoms with Gasteiger partial charge in [0.15, 0.2) is 6.61 Å². The topological polar surface area (TPSA) is 105 Å². The number of benzene rings is 1. The van der Waals surface area contributed by atoms with Crippen molar-refractivity contribution in [2.75, 3.05) is 18.5 Å². The van der Waals surface area contributed by atoms with Gasteiger partial charge >= 0.3 is 12.0 Å². The summed E-state index contributed by atoms with van der Waals surface area (Å²) < 4.78 is 4.83. The van der Waals surface area contributed by atoms with Gasteiger partial charge in [0.1, 0.15) is 12.1 Å². The first-order valence-electron chi connectivity index (χ1n) is 8.02. The van der Waals surface area contributed by atoms with Crippen molar-refractivity contribution in [1.29, 1.82) is 0 Å². The molecule has 0 spiro atoms. The fraction of sp³-hybridized carbons (Fsp3) is 0.412. The number of esters is 1. The van der Waals surface area contributed by atoms with Gasteiger partial charge in [-0.3, -0.25) is 19.3 Å². The van der Waals surface area contributed by atoms with Crippen LogP contribution in [0, 0.1) is 6.92 Å². The molecule has 2 N–H and O–H groups in total. The van der Waals surface area contributed by atoms with Crippen molar-refractivity contribution in [3.63, 3.8) is 0 Å². The fourth-order valence-electron chi connectivity index (χ4n) is 2.36. The molecule has 1 aliphatic rings. The average Bonchev–Trinajstić information content (AvgIpc) is 2.79. The number of carbonyl (C=O) groups is 4. The third-order valence-corrected chi connectivity index (χ3v) is 4.42. The van der Waals surface area contributed by atoms with E-state index < -0.39 is 42.5 Å². The summed E-state index contributed by atoms with van der Waals surface area (Å²) in [6.45, 7) is 4.08. The quantitative estimate of drug-likeness (QED) is 0.578. The number of urea groups is 1. The van der Waals surface area contributed by atoms with Gasteiger partial charge in [0.2, 0.25) is 0 Å². The van der Waals surface area contributed by atoms with Crippen molar-refractivity contribution >= 4 is 41.1 Å². The Balaban J connectivity index is 1.86. The van der Waals surface area contributed by atoms with Crippen molar-refractivity contribution in [3.05, 3.63) is 28.8 Å². The molecule has 140 valence electrons. The Labute approximate surface area is 155 Å². The molecule has 8 nitrogen and oxygen atoms in total. The summed E-state index contributed by atoms with van der Waals surface area (Å²) in [6, 6.07) is 4.43. The van der Waals surface area contributed by atoms with Crippen LogP contribution >= 0.6 is 11.6 Å². The lowest BCUT2D eigenvalue weighted by atomic mass is 9.99. The number of halogens is 1. The van der Waals surface area contributed by atoms with Gasteiger partial charge in [-0.05, 0) is 38.0 Å². The second-order valence-electron chi connectivity index (χ2n) is 6.20. The Bertz CT molecular complexity index is 767. The molecule has 1 aromatic carbocycles. The van der Waals surface area contributed by atoms with Gasteiger partial charge in [-0.25, -0.2) is 4.79 Å². The van der Waals surface area contributed by atoms with Gasteiger partial charge in [-0.15, -0.1) is 0 Å². The van der Waals surface area contributed by atoms with Crippen molar-refractivity contribution in [1.82, 2.24) is 10.2 Å². The van der Waals surface area contributed by atoms with Crippen LogP contribution in [-0.4, -0.2) is 47.4 Å². The maximum Gasteiger partial charge on any atom is 0.326 e. The third kappa shape index (κ3) is 4.32. The molecule has 0 aliphatic carbocycles. The SMILES string of the molecule is CC[C@@]1(C)NC(=O)N(CC(=O)OCC(=O)Nc2ccc(C)cc2Cl)C1=O. The summed E-state index contributed by atoms with van der Waals surface area (Å²) in [4.78, 5) is 48.5. The van der Waals surface area contributed by atoms with Crippen molar-refractivity contribution in [2.24, 2.45) is 0 Å². The first-order valence-corrected chi connectivity index (χ1v) is 8.40. The second kappa shape index (κ2) is 7.74. The minimum Gasteiger partial charge on any atom is -0.454 e. The van der Waals surface area contributed by atoms with E-state index in [9.17, 15) is 19.2 Å². The Hall–Kier alpha value is -2.61. The molecule has 1 aliphatic heterocycles. The second-order valence-corrected chi connectivity index (χ2v) is 6.61. The molecule has 1 heterocycles. The highest BCUT2D eigenvalue weighted by Crippen LogP contribution is 2.23. The van der Waals surface area contributed by atoms with E-state index in [2.05, 4.69) is 10.6 Å². The van der Waals surface area contributed by atoms with Crippen LogP contribution in [0.15, 0.2) is 18.2 Å². The molecule has 0 saturated carbocycles. The summed E-state index contributed by atoms with van der Waals surface area (Å²) in [5.74, 6) is -1.95. The molecule has 1 fully saturated rings. The largest absolute Gasteiger partial charge is 0.454 e. The molecule has 0 aromatic heterocycles. The predicted molar refractivity (Wildman–Crippen MR) is 94.7 cm³/mol. The monoisotopic (exact) mass is 381 g/mol. The molecule has 9 heteroatoms. The molecule has 1 atom stereocenters. The van der Waals surface area contributed by atoms with E-state index in [4.69, 9.17) is 16.3 Å². The Morgan fingerprint density at radius 1 is 1.35 bits per heavy atom.